The molecule has 0 radical (unpaired) electrons. The van der Waals surface area contributed by atoms with E-state index >= 15 is 0 Å². The highest BCUT2D eigenvalue weighted by Gasteiger charge is 2.09. The number of carbonyl (C=O) groups is 1. The third kappa shape index (κ3) is 4.02. The SMILES string of the molecule is COc1cccc(Oc2ccccc2NC(=O)Nc2nccs2)c1. The predicted octanol–water partition coefficient (Wildman–Crippen LogP) is 4.59. The molecule has 7 heteroatoms. The summed E-state index contributed by atoms with van der Waals surface area (Å²) in [6.45, 7) is 0. The first-order valence-electron chi connectivity index (χ1n) is 7.13. The predicted molar refractivity (Wildman–Crippen MR) is 94.3 cm³/mol. The normalized spacial score (nSPS) is 10.0. The fourth-order valence-corrected chi connectivity index (χ4v) is 2.51. The van der Waals surface area contributed by atoms with E-state index < -0.39 is 0 Å². The summed E-state index contributed by atoms with van der Waals surface area (Å²) in [5.41, 5.74) is 0.550. The molecule has 0 atom stereocenters. The molecule has 2 N–H and O–H groups in total. The number of anilines is 2. The number of nitrogens with one attached hydrogen (secondary N) is 2. The lowest BCUT2D eigenvalue weighted by molar-refractivity contribution is 0.262. The Balaban J connectivity index is 1.73. The van der Waals surface area contributed by atoms with Gasteiger partial charge in [-0.15, -0.1) is 11.3 Å². The number of hydrogen-bond acceptors (Lipinski definition) is 5. The average molecular weight is 341 g/mol. The smallest absolute Gasteiger partial charge is 0.325 e. The molecule has 3 rings (SSSR count). The number of urea groups is 1. The maximum atomic E-state index is 12.1. The first-order chi connectivity index (χ1) is 11.7. The van der Waals surface area contributed by atoms with Crippen LogP contribution in [0.5, 0.6) is 17.2 Å². The average Bonchev–Trinajstić information content (AvgIpc) is 3.09. The molecule has 0 aliphatic carbocycles. The van der Waals surface area contributed by atoms with Crippen LogP contribution in [0.1, 0.15) is 0 Å². The van der Waals surface area contributed by atoms with Crippen LogP contribution in [-0.4, -0.2) is 18.1 Å². The summed E-state index contributed by atoms with van der Waals surface area (Å²) in [5.74, 6) is 1.84. The summed E-state index contributed by atoms with van der Waals surface area (Å²) in [6, 6.07) is 14.1. The monoisotopic (exact) mass is 341 g/mol. The molecule has 24 heavy (non-hydrogen) atoms. The Bertz CT molecular complexity index is 821. The van der Waals surface area contributed by atoms with Crippen LogP contribution in [0.25, 0.3) is 0 Å². The summed E-state index contributed by atoms with van der Waals surface area (Å²) in [7, 11) is 1.59. The van der Waals surface area contributed by atoms with Gasteiger partial charge in [-0.2, -0.15) is 0 Å². The second-order valence-electron chi connectivity index (χ2n) is 4.69. The first-order valence-corrected chi connectivity index (χ1v) is 8.01. The van der Waals surface area contributed by atoms with E-state index in [9.17, 15) is 4.79 Å². The lowest BCUT2D eigenvalue weighted by Gasteiger charge is -2.12. The first kappa shape index (κ1) is 15.8. The molecule has 0 aliphatic heterocycles. The Morgan fingerprint density at radius 3 is 2.71 bits per heavy atom. The minimum absolute atomic E-state index is 0.383. The summed E-state index contributed by atoms with van der Waals surface area (Å²) in [5, 5.41) is 7.73. The summed E-state index contributed by atoms with van der Waals surface area (Å²) >= 11 is 1.34. The third-order valence-corrected chi connectivity index (χ3v) is 3.75. The van der Waals surface area contributed by atoms with E-state index in [4.69, 9.17) is 9.47 Å². The molecule has 0 bridgehead atoms. The number of rotatable bonds is 5. The highest BCUT2D eigenvalue weighted by atomic mass is 32.1. The van der Waals surface area contributed by atoms with E-state index in [1.165, 1.54) is 11.3 Å². The van der Waals surface area contributed by atoms with Gasteiger partial charge in [0.1, 0.15) is 11.5 Å². The number of carbonyl (C=O) groups excluding carboxylic acids is 1. The lowest BCUT2D eigenvalue weighted by Crippen LogP contribution is -2.19. The van der Waals surface area contributed by atoms with Crippen LogP contribution in [-0.2, 0) is 0 Å². The van der Waals surface area contributed by atoms with Gasteiger partial charge in [0.15, 0.2) is 10.9 Å². The quantitative estimate of drug-likeness (QED) is 0.712. The molecule has 0 saturated carbocycles. The minimum atomic E-state index is -0.383. The van der Waals surface area contributed by atoms with Gasteiger partial charge in [-0.25, -0.2) is 9.78 Å². The van der Waals surface area contributed by atoms with Crippen LogP contribution in [0, 0.1) is 0 Å². The van der Waals surface area contributed by atoms with E-state index in [1.54, 1.807) is 36.9 Å². The zero-order chi connectivity index (χ0) is 16.8. The van der Waals surface area contributed by atoms with Crippen molar-refractivity contribution in [2.24, 2.45) is 0 Å². The second-order valence-corrected chi connectivity index (χ2v) is 5.59. The van der Waals surface area contributed by atoms with Crippen LogP contribution < -0.4 is 20.1 Å². The maximum Gasteiger partial charge on any atom is 0.325 e. The van der Waals surface area contributed by atoms with Crippen LogP contribution in [0.15, 0.2) is 60.1 Å². The van der Waals surface area contributed by atoms with Gasteiger partial charge in [0.2, 0.25) is 0 Å². The van der Waals surface area contributed by atoms with Crippen molar-refractivity contribution in [3.05, 3.63) is 60.1 Å². The van der Waals surface area contributed by atoms with Gasteiger partial charge in [-0.1, -0.05) is 18.2 Å². The van der Waals surface area contributed by atoms with Crippen molar-refractivity contribution in [1.29, 1.82) is 0 Å². The van der Waals surface area contributed by atoms with Crippen molar-refractivity contribution in [1.82, 2.24) is 4.98 Å². The van der Waals surface area contributed by atoms with Crippen molar-refractivity contribution in [3.63, 3.8) is 0 Å². The summed E-state index contributed by atoms with van der Waals surface area (Å²) < 4.78 is 11.0. The molecule has 3 aromatic rings. The Morgan fingerprint density at radius 1 is 1.08 bits per heavy atom. The molecule has 0 fully saturated rings. The molecule has 0 unspecified atom stereocenters. The van der Waals surface area contributed by atoms with Gasteiger partial charge in [0, 0.05) is 17.6 Å². The van der Waals surface area contributed by atoms with Crippen LogP contribution in [0.2, 0.25) is 0 Å². The highest BCUT2D eigenvalue weighted by molar-refractivity contribution is 7.13. The van der Waals surface area contributed by atoms with Crippen molar-refractivity contribution in [2.45, 2.75) is 0 Å². The van der Waals surface area contributed by atoms with Gasteiger partial charge < -0.3 is 14.8 Å². The summed E-state index contributed by atoms with van der Waals surface area (Å²) in [6.07, 6.45) is 1.63. The standard InChI is InChI=1S/C17H15N3O3S/c1-22-12-5-4-6-13(11-12)23-15-8-3-2-7-14(15)19-16(21)20-17-18-9-10-24-17/h2-11H,1H3,(H2,18,19,20,21). The fourth-order valence-electron chi connectivity index (χ4n) is 1.99. The van der Waals surface area contributed by atoms with Crippen molar-refractivity contribution >= 4 is 28.2 Å². The molecule has 6 nitrogen and oxygen atoms in total. The second kappa shape index (κ2) is 7.47. The minimum Gasteiger partial charge on any atom is -0.497 e. The number of amides is 2. The highest BCUT2D eigenvalue weighted by Crippen LogP contribution is 2.31. The molecule has 2 aromatic carbocycles. The molecule has 1 aromatic heterocycles. The molecular weight excluding hydrogens is 326 g/mol. The van der Waals surface area contributed by atoms with Crippen LogP contribution in [0.4, 0.5) is 15.6 Å². The van der Waals surface area contributed by atoms with Crippen LogP contribution in [0.3, 0.4) is 0 Å². The molecule has 2 amide bonds. The number of aromatic nitrogens is 1. The zero-order valence-electron chi connectivity index (χ0n) is 12.9. The number of hydrogen-bond donors (Lipinski definition) is 2. The van der Waals surface area contributed by atoms with E-state index in [1.807, 2.05) is 30.3 Å². The number of benzene rings is 2. The molecule has 0 aliphatic rings. The molecule has 0 spiro atoms. The van der Waals surface area contributed by atoms with Gasteiger partial charge >= 0.3 is 6.03 Å². The number of methoxy groups -OCH3 is 1. The van der Waals surface area contributed by atoms with E-state index in [0.29, 0.717) is 28.1 Å². The van der Waals surface area contributed by atoms with Gasteiger partial charge in [-0.3, -0.25) is 5.32 Å². The Labute approximate surface area is 143 Å². The maximum absolute atomic E-state index is 12.1. The largest absolute Gasteiger partial charge is 0.497 e. The topological polar surface area (TPSA) is 72.5 Å². The third-order valence-electron chi connectivity index (χ3n) is 3.06. The lowest BCUT2D eigenvalue weighted by atomic mass is 10.3. The molecule has 1 heterocycles. The molecule has 0 saturated heterocycles. The fraction of sp³-hybridized carbons (Fsp3) is 0.0588. The van der Waals surface area contributed by atoms with E-state index in [-0.39, 0.29) is 6.03 Å². The van der Waals surface area contributed by atoms with Gasteiger partial charge in [0.05, 0.1) is 12.8 Å². The number of thiazole rings is 1. The van der Waals surface area contributed by atoms with E-state index in [0.717, 1.165) is 0 Å². The van der Waals surface area contributed by atoms with Crippen LogP contribution >= 0.6 is 11.3 Å². The van der Waals surface area contributed by atoms with Crippen molar-refractivity contribution in [2.75, 3.05) is 17.7 Å². The number of para-hydroxylation sites is 2. The Hall–Kier alpha value is -3.06. The Morgan fingerprint density at radius 2 is 1.92 bits per heavy atom. The number of ether oxygens (including phenoxy) is 2. The van der Waals surface area contributed by atoms with Crippen molar-refractivity contribution < 1.29 is 14.3 Å². The zero-order valence-corrected chi connectivity index (χ0v) is 13.7. The van der Waals surface area contributed by atoms with E-state index in [2.05, 4.69) is 15.6 Å². The van der Waals surface area contributed by atoms with Gasteiger partial charge in [-0.05, 0) is 24.3 Å². The molecule has 122 valence electrons. The molecular formula is C17H15N3O3S. The summed E-state index contributed by atoms with van der Waals surface area (Å²) in [4.78, 5) is 16.1. The number of nitrogens with zero attached hydrogens (tertiary/aromatic N) is 1. The van der Waals surface area contributed by atoms with Crippen molar-refractivity contribution in [3.8, 4) is 17.2 Å². The Kier molecular flexibility index (Phi) is 4.93. The van der Waals surface area contributed by atoms with Gasteiger partial charge in [0.25, 0.3) is 0 Å².